The van der Waals surface area contributed by atoms with Gasteiger partial charge in [0.05, 0.1) is 6.61 Å². The highest BCUT2D eigenvalue weighted by molar-refractivity contribution is 5.81. The summed E-state index contributed by atoms with van der Waals surface area (Å²) in [5.74, 6) is 0.445. The molecule has 0 amide bonds. The van der Waals surface area contributed by atoms with Crippen LogP contribution in [0.15, 0.2) is 0 Å². The normalized spacial score (nSPS) is 16.6. The zero-order chi connectivity index (χ0) is 11.1. The number of rotatable bonds is 6. The molecule has 15 heavy (non-hydrogen) atoms. The van der Waals surface area contributed by atoms with Crippen molar-refractivity contribution in [3.63, 3.8) is 0 Å². The molecular weight excluding hydrogens is 192 g/mol. The van der Waals surface area contributed by atoms with Crippen LogP contribution in [0.5, 0.6) is 0 Å². The van der Waals surface area contributed by atoms with E-state index >= 15 is 0 Å². The highest BCUT2D eigenvalue weighted by Crippen LogP contribution is 2.26. The molecule has 0 N–H and O–H groups in total. The van der Waals surface area contributed by atoms with E-state index < -0.39 is 0 Å². The van der Waals surface area contributed by atoms with Gasteiger partial charge in [0, 0.05) is 18.8 Å². The number of ketones is 1. The van der Waals surface area contributed by atoms with Crippen LogP contribution in [-0.2, 0) is 14.3 Å². The van der Waals surface area contributed by atoms with Gasteiger partial charge in [-0.25, -0.2) is 0 Å². The van der Waals surface area contributed by atoms with Crippen LogP contribution >= 0.6 is 0 Å². The minimum absolute atomic E-state index is 0.184. The molecule has 1 fully saturated rings. The van der Waals surface area contributed by atoms with Crippen molar-refractivity contribution in [2.45, 2.75) is 51.9 Å². The average Bonchev–Trinajstić information content (AvgIpc) is 2.70. The van der Waals surface area contributed by atoms with Crippen molar-refractivity contribution in [2.24, 2.45) is 5.92 Å². The summed E-state index contributed by atoms with van der Waals surface area (Å²) in [5, 5.41) is 0. The summed E-state index contributed by atoms with van der Waals surface area (Å²) < 4.78 is 4.80. The Morgan fingerprint density at radius 2 is 1.87 bits per heavy atom. The summed E-state index contributed by atoms with van der Waals surface area (Å²) in [7, 11) is 0. The fourth-order valence-electron chi connectivity index (χ4n) is 2.09. The van der Waals surface area contributed by atoms with Crippen molar-refractivity contribution in [3.8, 4) is 0 Å². The molecule has 0 atom stereocenters. The Hall–Kier alpha value is -0.860. The van der Waals surface area contributed by atoms with Crippen molar-refractivity contribution >= 4 is 11.8 Å². The van der Waals surface area contributed by atoms with Gasteiger partial charge in [-0.3, -0.25) is 9.59 Å². The zero-order valence-corrected chi connectivity index (χ0v) is 9.46. The van der Waals surface area contributed by atoms with E-state index in [1.54, 1.807) is 6.92 Å². The van der Waals surface area contributed by atoms with E-state index in [1.165, 1.54) is 12.8 Å². The van der Waals surface area contributed by atoms with Gasteiger partial charge in [0.15, 0.2) is 0 Å². The number of carbonyl (C=O) groups is 2. The Morgan fingerprint density at radius 3 is 2.47 bits per heavy atom. The quantitative estimate of drug-likeness (QED) is 0.635. The highest BCUT2D eigenvalue weighted by atomic mass is 16.5. The molecule has 0 heterocycles. The monoisotopic (exact) mass is 212 g/mol. The lowest BCUT2D eigenvalue weighted by Gasteiger charge is -2.06. The lowest BCUT2D eigenvalue weighted by molar-refractivity contribution is -0.143. The fourth-order valence-corrected chi connectivity index (χ4v) is 2.09. The molecule has 0 unspecified atom stereocenters. The molecule has 0 bridgehead atoms. The Bertz CT molecular complexity index is 217. The lowest BCUT2D eigenvalue weighted by Crippen LogP contribution is -2.11. The van der Waals surface area contributed by atoms with Crippen LogP contribution in [0, 0.1) is 5.92 Å². The topological polar surface area (TPSA) is 43.4 Å². The molecule has 1 rings (SSSR count). The van der Waals surface area contributed by atoms with Crippen LogP contribution in [0.3, 0.4) is 0 Å². The predicted octanol–water partition coefficient (Wildman–Crippen LogP) is 2.48. The molecule has 0 radical (unpaired) electrons. The number of Topliss-reactive ketones (excluding diaryl/α,β-unsaturated/α-hetero) is 1. The van der Waals surface area contributed by atoms with Crippen molar-refractivity contribution in [2.75, 3.05) is 6.61 Å². The van der Waals surface area contributed by atoms with Gasteiger partial charge in [-0.05, 0) is 26.2 Å². The molecule has 0 saturated heterocycles. The molecule has 0 aromatic rings. The summed E-state index contributed by atoms with van der Waals surface area (Å²) in [6, 6.07) is 0. The van der Waals surface area contributed by atoms with E-state index in [0.717, 1.165) is 12.8 Å². The summed E-state index contributed by atoms with van der Waals surface area (Å²) in [6.45, 7) is 2.22. The van der Waals surface area contributed by atoms with E-state index in [9.17, 15) is 9.59 Å². The minimum Gasteiger partial charge on any atom is -0.466 e. The summed E-state index contributed by atoms with van der Waals surface area (Å²) >= 11 is 0. The van der Waals surface area contributed by atoms with Crippen molar-refractivity contribution in [1.82, 2.24) is 0 Å². The van der Waals surface area contributed by atoms with Gasteiger partial charge in [-0.1, -0.05) is 12.8 Å². The average molecular weight is 212 g/mol. The molecule has 0 aromatic carbocycles. The molecule has 1 aliphatic carbocycles. The van der Waals surface area contributed by atoms with Gasteiger partial charge >= 0.3 is 5.97 Å². The van der Waals surface area contributed by atoms with E-state index in [1.807, 2.05) is 0 Å². The molecule has 3 heteroatoms. The summed E-state index contributed by atoms with van der Waals surface area (Å²) in [5.41, 5.74) is 0. The SMILES string of the molecule is CCOC(=O)CCCC(=O)C1CCCC1. The second kappa shape index (κ2) is 6.59. The molecule has 3 nitrogen and oxygen atoms in total. The lowest BCUT2D eigenvalue weighted by atomic mass is 9.98. The van der Waals surface area contributed by atoms with E-state index in [2.05, 4.69) is 0 Å². The first kappa shape index (κ1) is 12.2. The Morgan fingerprint density at radius 1 is 1.20 bits per heavy atom. The van der Waals surface area contributed by atoms with Crippen molar-refractivity contribution in [1.29, 1.82) is 0 Å². The van der Waals surface area contributed by atoms with Crippen LogP contribution in [0.2, 0.25) is 0 Å². The summed E-state index contributed by atoms with van der Waals surface area (Å²) in [4.78, 5) is 22.6. The van der Waals surface area contributed by atoms with Crippen molar-refractivity contribution in [3.05, 3.63) is 0 Å². The van der Waals surface area contributed by atoms with E-state index in [-0.39, 0.29) is 11.9 Å². The molecule has 86 valence electrons. The van der Waals surface area contributed by atoms with Gasteiger partial charge in [-0.15, -0.1) is 0 Å². The first-order valence-corrected chi connectivity index (χ1v) is 5.92. The van der Waals surface area contributed by atoms with Crippen molar-refractivity contribution < 1.29 is 14.3 Å². The largest absolute Gasteiger partial charge is 0.466 e. The maximum atomic E-state index is 11.6. The third kappa shape index (κ3) is 4.45. The predicted molar refractivity (Wildman–Crippen MR) is 57.4 cm³/mol. The Balaban J connectivity index is 2.08. The number of hydrogen-bond acceptors (Lipinski definition) is 3. The van der Waals surface area contributed by atoms with Crippen LogP contribution in [0.25, 0.3) is 0 Å². The summed E-state index contributed by atoms with van der Waals surface area (Å²) in [6.07, 6.45) is 6.06. The molecule has 1 saturated carbocycles. The number of esters is 1. The molecule has 0 aromatic heterocycles. The first-order valence-electron chi connectivity index (χ1n) is 5.92. The van der Waals surface area contributed by atoms with E-state index in [0.29, 0.717) is 31.7 Å². The van der Waals surface area contributed by atoms with Crippen LogP contribution in [0.4, 0.5) is 0 Å². The Kier molecular flexibility index (Phi) is 5.37. The van der Waals surface area contributed by atoms with Crippen LogP contribution in [-0.4, -0.2) is 18.4 Å². The van der Waals surface area contributed by atoms with Gasteiger partial charge in [0.2, 0.25) is 0 Å². The maximum Gasteiger partial charge on any atom is 0.305 e. The molecular formula is C12H20O3. The highest BCUT2D eigenvalue weighted by Gasteiger charge is 2.21. The number of ether oxygens (including phenoxy) is 1. The first-order chi connectivity index (χ1) is 7.24. The number of hydrogen-bond donors (Lipinski definition) is 0. The minimum atomic E-state index is -0.184. The van der Waals surface area contributed by atoms with E-state index in [4.69, 9.17) is 4.74 Å². The van der Waals surface area contributed by atoms with Gasteiger partial charge in [-0.2, -0.15) is 0 Å². The zero-order valence-electron chi connectivity index (χ0n) is 9.46. The van der Waals surface area contributed by atoms with Gasteiger partial charge in [0.25, 0.3) is 0 Å². The van der Waals surface area contributed by atoms with Gasteiger partial charge in [0.1, 0.15) is 5.78 Å². The smallest absolute Gasteiger partial charge is 0.305 e. The third-order valence-corrected chi connectivity index (χ3v) is 2.92. The molecule has 0 aliphatic heterocycles. The number of carbonyl (C=O) groups excluding carboxylic acids is 2. The Labute approximate surface area is 91.2 Å². The van der Waals surface area contributed by atoms with Crippen LogP contribution in [0.1, 0.15) is 51.9 Å². The second-order valence-corrected chi connectivity index (χ2v) is 4.11. The van der Waals surface area contributed by atoms with Crippen LogP contribution < -0.4 is 0 Å². The maximum absolute atomic E-state index is 11.6. The molecule has 1 aliphatic rings. The standard InChI is InChI=1S/C12H20O3/c1-2-15-12(14)9-5-8-11(13)10-6-3-4-7-10/h10H,2-9H2,1H3. The fraction of sp³-hybridized carbons (Fsp3) is 0.833. The molecule has 0 spiro atoms. The second-order valence-electron chi connectivity index (χ2n) is 4.11. The van der Waals surface area contributed by atoms with Gasteiger partial charge < -0.3 is 4.74 Å². The third-order valence-electron chi connectivity index (χ3n) is 2.92.